The fourth-order valence-electron chi connectivity index (χ4n) is 4.20. The van der Waals surface area contributed by atoms with Gasteiger partial charge in [-0.05, 0) is 54.7 Å². The van der Waals surface area contributed by atoms with E-state index in [1.807, 2.05) is 30.3 Å². The highest BCUT2D eigenvalue weighted by molar-refractivity contribution is 7.89. The van der Waals surface area contributed by atoms with Crippen molar-refractivity contribution in [3.05, 3.63) is 101 Å². The number of amides is 2. The first-order chi connectivity index (χ1) is 17.7. The van der Waals surface area contributed by atoms with Crippen LogP contribution in [0.15, 0.2) is 77.7 Å². The molecule has 0 unspecified atom stereocenters. The van der Waals surface area contributed by atoms with Gasteiger partial charge in [0.25, 0.3) is 5.91 Å². The minimum atomic E-state index is -4.45. The molecule has 1 saturated heterocycles. The van der Waals surface area contributed by atoms with Crippen LogP contribution >= 0.6 is 0 Å². The third-order valence-electron chi connectivity index (χ3n) is 6.15. The standard InChI is InChI=1S/C27H27F2N3O4S/c28-22-14-23(29)16-24(15-22)37(35,36)32(25-8-4-5-13-30-27(25)34)18-20-9-11-21(12-10-20)26(33)31-17-19-6-2-1-3-7-19/h1-3,6-7,9-12,14-16,25H,4-5,8,13,17-18H2,(H,30,34)(H,31,33)/t25-/m1/s1. The van der Waals surface area contributed by atoms with Crippen LogP contribution in [0.5, 0.6) is 0 Å². The monoisotopic (exact) mass is 527 g/mol. The zero-order chi connectivity index (χ0) is 26.4. The molecule has 1 heterocycles. The second kappa shape index (κ2) is 11.6. The van der Waals surface area contributed by atoms with Crippen molar-refractivity contribution in [2.75, 3.05) is 6.54 Å². The van der Waals surface area contributed by atoms with Crippen molar-refractivity contribution < 1.29 is 26.8 Å². The van der Waals surface area contributed by atoms with E-state index in [-0.39, 0.29) is 18.9 Å². The summed E-state index contributed by atoms with van der Waals surface area (Å²) in [5.74, 6) is -2.82. The van der Waals surface area contributed by atoms with E-state index in [1.165, 1.54) is 0 Å². The predicted octanol–water partition coefficient (Wildman–Crippen LogP) is 3.75. The van der Waals surface area contributed by atoms with Gasteiger partial charge in [-0.2, -0.15) is 4.31 Å². The Morgan fingerprint density at radius 1 is 0.946 bits per heavy atom. The zero-order valence-electron chi connectivity index (χ0n) is 20.0. The van der Waals surface area contributed by atoms with Crippen LogP contribution in [0.3, 0.4) is 0 Å². The van der Waals surface area contributed by atoms with E-state index in [2.05, 4.69) is 10.6 Å². The summed E-state index contributed by atoms with van der Waals surface area (Å²) in [5, 5.41) is 5.54. The SMILES string of the molecule is O=C(NCc1ccccc1)c1ccc(CN([C@@H]2CCCCNC2=O)S(=O)(=O)c2cc(F)cc(F)c2)cc1. The molecule has 0 bridgehead atoms. The number of hydrogen-bond donors (Lipinski definition) is 2. The molecule has 3 aromatic rings. The summed E-state index contributed by atoms with van der Waals surface area (Å²) in [7, 11) is -4.45. The molecule has 1 atom stereocenters. The van der Waals surface area contributed by atoms with E-state index in [4.69, 9.17) is 0 Å². The Hall–Kier alpha value is -3.63. The second-order valence-electron chi connectivity index (χ2n) is 8.82. The van der Waals surface area contributed by atoms with E-state index in [0.717, 1.165) is 22.0 Å². The average molecular weight is 528 g/mol. The third kappa shape index (κ3) is 6.58. The van der Waals surface area contributed by atoms with Crippen molar-refractivity contribution >= 4 is 21.8 Å². The van der Waals surface area contributed by atoms with Gasteiger partial charge in [0.05, 0.1) is 4.90 Å². The summed E-state index contributed by atoms with van der Waals surface area (Å²) in [6.07, 6.45) is 1.56. The van der Waals surface area contributed by atoms with Gasteiger partial charge in [-0.1, -0.05) is 42.5 Å². The fraction of sp³-hybridized carbons (Fsp3) is 0.259. The minimum Gasteiger partial charge on any atom is -0.355 e. The Morgan fingerprint density at radius 3 is 2.30 bits per heavy atom. The van der Waals surface area contributed by atoms with Gasteiger partial charge >= 0.3 is 0 Å². The molecule has 1 fully saturated rings. The molecule has 0 aliphatic carbocycles. The van der Waals surface area contributed by atoms with E-state index >= 15 is 0 Å². The molecule has 7 nitrogen and oxygen atoms in total. The van der Waals surface area contributed by atoms with Crippen LogP contribution in [0, 0.1) is 11.6 Å². The number of benzene rings is 3. The summed E-state index contributed by atoms with van der Waals surface area (Å²) in [4.78, 5) is 24.7. The van der Waals surface area contributed by atoms with Crippen molar-refractivity contribution in [3.8, 4) is 0 Å². The Bertz CT molecular complexity index is 1350. The van der Waals surface area contributed by atoms with Crippen LogP contribution in [0.4, 0.5) is 8.78 Å². The van der Waals surface area contributed by atoms with Crippen molar-refractivity contribution in [3.63, 3.8) is 0 Å². The Morgan fingerprint density at radius 2 is 1.62 bits per heavy atom. The van der Waals surface area contributed by atoms with Crippen LogP contribution in [-0.2, 0) is 27.9 Å². The highest BCUT2D eigenvalue weighted by Crippen LogP contribution is 2.26. The third-order valence-corrected chi connectivity index (χ3v) is 7.98. The lowest BCUT2D eigenvalue weighted by Gasteiger charge is -2.29. The number of halogens is 2. The molecule has 0 spiro atoms. The number of carbonyl (C=O) groups is 2. The summed E-state index contributed by atoms with van der Waals surface area (Å²) in [6, 6.07) is 16.8. The minimum absolute atomic E-state index is 0.218. The zero-order valence-corrected chi connectivity index (χ0v) is 20.8. The molecule has 37 heavy (non-hydrogen) atoms. The molecule has 2 N–H and O–H groups in total. The highest BCUT2D eigenvalue weighted by Gasteiger charge is 2.37. The molecule has 1 aliphatic rings. The first-order valence-corrected chi connectivity index (χ1v) is 13.3. The average Bonchev–Trinajstić information content (AvgIpc) is 3.10. The van der Waals surface area contributed by atoms with Crippen molar-refractivity contribution in [2.24, 2.45) is 0 Å². The normalized spacial score (nSPS) is 16.2. The topological polar surface area (TPSA) is 95.6 Å². The van der Waals surface area contributed by atoms with Gasteiger partial charge in [0, 0.05) is 31.3 Å². The smallest absolute Gasteiger partial charge is 0.251 e. The summed E-state index contributed by atoms with van der Waals surface area (Å²) in [5.41, 5.74) is 1.84. The lowest BCUT2D eigenvalue weighted by molar-refractivity contribution is -0.124. The summed E-state index contributed by atoms with van der Waals surface area (Å²) in [6.45, 7) is 0.559. The van der Waals surface area contributed by atoms with E-state index < -0.39 is 38.5 Å². The molecular formula is C27H27F2N3O4S. The molecule has 0 saturated carbocycles. The molecule has 2 amide bonds. The molecule has 10 heteroatoms. The number of rotatable bonds is 8. The fourth-order valence-corrected chi connectivity index (χ4v) is 5.84. The number of nitrogens with one attached hydrogen (secondary N) is 2. The van der Waals surface area contributed by atoms with Gasteiger partial charge in [0.2, 0.25) is 15.9 Å². The van der Waals surface area contributed by atoms with Crippen molar-refractivity contribution in [1.29, 1.82) is 0 Å². The van der Waals surface area contributed by atoms with Crippen molar-refractivity contribution in [2.45, 2.75) is 43.3 Å². The van der Waals surface area contributed by atoms with Crippen LogP contribution in [-0.4, -0.2) is 37.1 Å². The maximum Gasteiger partial charge on any atom is 0.251 e. The van der Waals surface area contributed by atoms with Gasteiger partial charge in [-0.15, -0.1) is 0 Å². The Kier molecular flexibility index (Phi) is 8.30. The Labute approximate surface area is 214 Å². The van der Waals surface area contributed by atoms with Gasteiger partial charge < -0.3 is 10.6 Å². The number of sulfonamides is 1. The second-order valence-corrected chi connectivity index (χ2v) is 10.7. The van der Waals surface area contributed by atoms with Crippen LogP contribution in [0.1, 0.15) is 40.7 Å². The van der Waals surface area contributed by atoms with E-state index in [0.29, 0.717) is 43.1 Å². The lowest BCUT2D eigenvalue weighted by atomic mass is 10.1. The first kappa shape index (κ1) is 26.4. The quantitative estimate of drug-likeness (QED) is 0.467. The van der Waals surface area contributed by atoms with Gasteiger partial charge in [-0.3, -0.25) is 9.59 Å². The molecule has 194 valence electrons. The van der Waals surface area contributed by atoms with Gasteiger partial charge in [0.15, 0.2) is 0 Å². The van der Waals surface area contributed by atoms with Gasteiger partial charge in [-0.25, -0.2) is 17.2 Å². The Balaban J connectivity index is 1.57. The van der Waals surface area contributed by atoms with Crippen LogP contribution < -0.4 is 10.6 Å². The van der Waals surface area contributed by atoms with Crippen molar-refractivity contribution in [1.82, 2.24) is 14.9 Å². The lowest BCUT2D eigenvalue weighted by Crippen LogP contribution is -2.48. The van der Waals surface area contributed by atoms with E-state index in [9.17, 15) is 26.8 Å². The molecule has 0 aromatic heterocycles. The summed E-state index contributed by atoms with van der Waals surface area (Å²) >= 11 is 0. The maximum atomic E-state index is 13.9. The number of hydrogen-bond acceptors (Lipinski definition) is 4. The van der Waals surface area contributed by atoms with E-state index in [1.54, 1.807) is 24.3 Å². The predicted molar refractivity (Wildman–Crippen MR) is 134 cm³/mol. The van der Waals surface area contributed by atoms with Crippen LogP contribution in [0.25, 0.3) is 0 Å². The largest absolute Gasteiger partial charge is 0.355 e. The molecule has 3 aromatic carbocycles. The van der Waals surface area contributed by atoms with Gasteiger partial charge in [0.1, 0.15) is 17.7 Å². The number of nitrogens with zero attached hydrogens (tertiary/aromatic N) is 1. The molecule has 0 radical (unpaired) electrons. The first-order valence-electron chi connectivity index (χ1n) is 11.9. The molecular weight excluding hydrogens is 500 g/mol. The molecule has 1 aliphatic heterocycles. The number of carbonyl (C=O) groups excluding carboxylic acids is 2. The maximum absolute atomic E-state index is 13.9. The summed E-state index contributed by atoms with van der Waals surface area (Å²) < 4.78 is 55.8. The van der Waals surface area contributed by atoms with Crippen LogP contribution in [0.2, 0.25) is 0 Å². The molecule has 4 rings (SSSR count). The highest BCUT2D eigenvalue weighted by atomic mass is 32.2.